The summed E-state index contributed by atoms with van der Waals surface area (Å²) < 4.78 is 6.59. The SMILES string of the molecule is COc1cccc(C=O)c1-c1cc2ccccc2s1. The molecule has 3 heteroatoms. The Kier molecular flexibility index (Phi) is 3.05. The summed E-state index contributed by atoms with van der Waals surface area (Å²) in [4.78, 5) is 12.3. The molecule has 0 aliphatic heterocycles. The van der Waals surface area contributed by atoms with Crippen molar-refractivity contribution in [1.29, 1.82) is 0 Å². The van der Waals surface area contributed by atoms with Gasteiger partial charge in [-0.3, -0.25) is 4.79 Å². The van der Waals surface area contributed by atoms with E-state index >= 15 is 0 Å². The van der Waals surface area contributed by atoms with E-state index in [4.69, 9.17) is 4.74 Å². The largest absolute Gasteiger partial charge is 0.496 e. The number of carbonyl (C=O) groups excluding carboxylic acids is 1. The number of fused-ring (bicyclic) bond motifs is 1. The summed E-state index contributed by atoms with van der Waals surface area (Å²) in [5, 5.41) is 1.19. The van der Waals surface area contributed by atoms with Crippen molar-refractivity contribution in [3.63, 3.8) is 0 Å². The highest BCUT2D eigenvalue weighted by Crippen LogP contribution is 2.39. The molecule has 2 aromatic carbocycles. The van der Waals surface area contributed by atoms with E-state index in [-0.39, 0.29) is 0 Å². The highest BCUT2D eigenvalue weighted by molar-refractivity contribution is 7.22. The van der Waals surface area contributed by atoms with Gasteiger partial charge in [-0.05, 0) is 23.6 Å². The molecule has 0 amide bonds. The van der Waals surface area contributed by atoms with E-state index in [9.17, 15) is 4.79 Å². The minimum Gasteiger partial charge on any atom is -0.496 e. The van der Waals surface area contributed by atoms with Gasteiger partial charge < -0.3 is 4.74 Å². The van der Waals surface area contributed by atoms with Crippen molar-refractivity contribution in [3.8, 4) is 16.2 Å². The molecule has 0 aliphatic rings. The fraction of sp³-hybridized carbons (Fsp3) is 0.0625. The normalized spacial score (nSPS) is 10.6. The van der Waals surface area contributed by atoms with Crippen molar-refractivity contribution in [1.82, 2.24) is 0 Å². The van der Waals surface area contributed by atoms with Crippen molar-refractivity contribution in [2.24, 2.45) is 0 Å². The summed E-state index contributed by atoms with van der Waals surface area (Å²) in [7, 11) is 1.63. The fourth-order valence-corrected chi connectivity index (χ4v) is 3.32. The topological polar surface area (TPSA) is 26.3 Å². The molecule has 0 spiro atoms. The molecule has 94 valence electrons. The van der Waals surface area contributed by atoms with Gasteiger partial charge in [0.2, 0.25) is 0 Å². The molecular formula is C16H12O2S. The van der Waals surface area contributed by atoms with Crippen LogP contribution in [0.4, 0.5) is 0 Å². The lowest BCUT2D eigenvalue weighted by Crippen LogP contribution is -1.91. The molecule has 0 saturated carbocycles. The third-order valence-corrected chi connectivity index (χ3v) is 4.21. The first-order valence-corrected chi connectivity index (χ1v) is 6.76. The number of aldehydes is 1. The van der Waals surface area contributed by atoms with Crippen molar-refractivity contribution in [2.75, 3.05) is 7.11 Å². The van der Waals surface area contributed by atoms with Crippen LogP contribution in [0.1, 0.15) is 10.4 Å². The summed E-state index contributed by atoms with van der Waals surface area (Å²) in [6.45, 7) is 0. The van der Waals surface area contributed by atoms with Gasteiger partial charge >= 0.3 is 0 Å². The van der Waals surface area contributed by atoms with E-state index in [0.29, 0.717) is 5.56 Å². The molecule has 0 atom stereocenters. The van der Waals surface area contributed by atoms with Gasteiger partial charge in [0.25, 0.3) is 0 Å². The summed E-state index contributed by atoms with van der Waals surface area (Å²) in [6, 6.07) is 15.8. The highest BCUT2D eigenvalue weighted by Gasteiger charge is 2.13. The van der Waals surface area contributed by atoms with Crippen LogP contribution in [0.2, 0.25) is 0 Å². The molecule has 0 saturated heterocycles. The zero-order valence-electron chi connectivity index (χ0n) is 10.4. The van der Waals surface area contributed by atoms with Crippen LogP contribution >= 0.6 is 11.3 Å². The van der Waals surface area contributed by atoms with E-state index in [2.05, 4.69) is 18.2 Å². The molecule has 3 aromatic rings. The molecule has 2 nitrogen and oxygen atoms in total. The average Bonchev–Trinajstić information content (AvgIpc) is 2.89. The standard InChI is InChI=1S/C16H12O2S/c1-18-13-7-4-6-12(10-17)16(13)15-9-11-5-2-3-8-14(11)19-15/h2-10H,1H3. The maximum absolute atomic E-state index is 11.2. The summed E-state index contributed by atoms with van der Waals surface area (Å²) in [5.41, 5.74) is 1.53. The minimum absolute atomic E-state index is 0.658. The molecule has 0 N–H and O–H groups in total. The maximum Gasteiger partial charge on any atom is 0.150 e. The first-order chi connectivity index (χ1) is 9.33. The van der Waals surface area contributed by atoms with Crippen LogP contribution in [0.25, 0.3) is 20.5 Å². The molecule has 19 heavy (non-hydrogen) atoms. The van der Waals surface area contributed by atoms with E-state index in [0.717, 1.165) is 22.5 Å². The van der Waals surface area contributed by atoms with Gasteiger partial charge in [0.05, 0.1) is 7.11 Å². The van der Waals surface area contributed by atoms with Crippen LogP contribution in [0.15, 0.2) is 48.5 Å². The lowest BCUT2D eigenvalue weighted by Gasteiger charge is -2.08. The van der Waals surface area contributed by atoms with Gasteiger partial charge in [-0.1, -0.05) is 30.3 Å². The number of hydrogen-bond donors (Lipinski definition) is 0. The highest BCUT2D eigenvalue weighted by atomic mass is 32.1. The van der Waals surface area contributed by atoms with Crippen molar-refractivity contribution >= 4 is 27.7 Å². The maximum atomic E-state index is 11.2. The third-order valence-electron chi connectivity index (χ3n) is 3.08. The van der Waals surface area contributed by atoms with E-state index in [1.165, 1.54) is 10.1 Å². The zero-order valence-corrected chi connectivity index (χ0v) is 11.2. The van der Waals surface area contributed by atoms with E-state index < -0.39 is 0 Å². The molecule has 0 bridgehead atoms. The molecule has 1 aromatic heterocycles. The number of thiophene rings is 1. The monoisotopic (exact) mass is 268 g/mol. The van der Waals surface area contributed by atoms with Gasteiger partial charge in [-0.2, -0.15) is 0 Å². The van der Waals surface area contributed by atoms with Crippen molar-refractivity contribution in [2.45, 2.75) is 0 Å². The lowest BCUT2D eigenvalue weighted by atomic mass is 10.1. The van der Waals surface area contributed by atoms with Crippen LogP contribution < -0.4 is 4.74 Å². The smallest absolute Gasteiger partial charge is 0.150 e. The Morgan fingerprint density at radius 3 is 2.68 bits per heavy atom. The predicted octanol–water partition coefficient (Wildman–Crippen LogP) is 4.39. The molecule has 0 fully saturated rings. The number of methoxy groups -OCH3 is 1. The second-order valence-electron chi connectivity index (χ2n) is 4.19. The molecule has 1 heterocycles. The van der Waals surface area contributed by atoms with Crippen LogP contribution in [-0.2, 0) is 0 Å². The molecule has 0 aliphatic carbocycles. The first-order valence-electron chi connectivity index (χ1n) is 5.94. The molecule has 0 unspecified atom stereocenters. The predicted molar refractivity (Wildman–Crippen MR) is 79.2 cm³/mol. The Morgan fingerprint density at radius 1 is 1.11 bits per heavy atom. The van der Waals surface area contributed by atoms with Gasteiger partial charge in [0.15, 0.2) is 6.29 Å². The molecule has 3 rings (SSSR count). The Hall–Kier alpha value is -2.13. The van der Waals surface area contributed by atoms with Gasteiger partial charge in [-0.15, -0.1) is 11.3 Å². The lowest BCUT2D eigenvalue weighted by molar-refractivity contribution is 0.112. The quantitative estimate of drug-likeness (QED) is 0.658. The Balaban J connectivity index is 2.28. The van der Waals surface area contributed by atoms with Crippen molar-refractivity contribution < 1.29 is 9.53 Å². The van der Waals surface area contributed by atoms with Crippen LogP contribution in [-0.4, -0.2) is 13.4 Å². The van der Waals surface area contributed by atoms with Crippen LogP contribution in [0.5, 0.6) is 5.75 Å². The van der Waals surface area contributed by atoms with Gasteiger partial charge in [0, 0.05) is 20.7 Å². The van der Waals surface area contributed by atoms with E-state index in [1.54, 1.807) is 18.4 Å². The third kappa shape index (κ3) is 2.02. The van der Waals surface area contributed by atoms with Gasteiger partial charge in [0.1, 0.15) is 5.75 Å². The number of benzene rings is 2. The van der Waals surface area contributed by atoms with Gasteiger partial charge in [-0.25, -0.2) is 0 Å². The summed E-state index contributed by atoms with van der Waals surface area (Å²) >= 11 is 1.67. The number of rotatable bonds is 3. The second kappa shape index (κ2) is 4.86. The van der Waals surface area contributed by atoms with Crippen molar-refractivity contribution in [3.05, 3.63) is 54.1 Å². The Bertz CT molecular complexity index is 710. The molecule has 0 radical (unpaired) electrons. The number of carbonyl (C=O) groups is 1. The van der Waals surface area contributed by atoms with E-state index in [1.807, 2.05) is 30.3 Å². The van der Waals surface area contributed by atoms with Crippen LogP contribution in [0.3, 0.4) is 0 Å². The zero-order chi connectivity index (χ0) is 13.2. The first kappa shape index (κ1) is 11.9. The Labute approximate surface area is 115 Å². The average molecular weight is 268 g/mol. The number of ether oxygens (including phenoxy) is 1. The summed E-state index contributed by atoms with van der Waals surface area (Å²) in [5.74, 6) is 0.733. The summed E-state index contributed by atoms with van der Waals surface area (Å²) in [6.07, 6.45) is 0.877. The minimum atomic E-state index is 0.658. The van der Waals surface area contributed by atoms with Crippen LogP contribution in [0, 0.1) is 0 Å². The molecular weight excluding hydrogens is 256 g/mol. The second-order valence-corrected chi connectivity index (χ2v) is 5.27. The fourth-order valence-electron chi connectivity index (χ4n) is 2.19. The Morgan fingerprint density at radius 2 is 1.95 bits per heavy atom. The number of hydrogen-bond acceptors (Lipinski definition) is 3.